The lowest BCUT2D eigenvalue weighted by molar-refractivity contribution is 0.102. The van der Waals surface area contributed by atoms with Crippen molar-refractivity contribution in [2.45, 2.75) is 30.7 Å². The number of benzene rings is 2. The molecule has 1 aromatic heterocycles. The molecule has 2 N–H and O–H groups in total. The van der Waals surface area contributed by atoms with Crippen LogP contribution in [0.5, 0.6) is 0 Å². The lowest BCUT2D eigenvalue weighted by atomic mass is 10.0. The zero-order chi connectivity index (χ0) is 17.6. The van der Waals surface area contributed by atoms with Gasteiger partial charge in [0.15, 0.2) is 5.16 Å². The Morgan fingerprint density at radius 2 is 2.00 bits per heavy atom. The number of carbonyl (C=O) groups excluding carboxylic acids is 1. The molecule has 2 aromatic carbocycles. The minimum absolute atomic E-state index is 0.102. The van der Waals surface area contributed by atoms with Gasteiger partial charge in [0.2, 0.25) is 0 Å². The highest BCUT2D eigenvalue weighted by molar-refractivity contribution is 7.98. The van der Waals surface area contributed by atoms with Gasteiger partial charge in [-0.05, 0) is 41.3 Å². The fourth-order valence-corrected chi connectivity index (χ4v) is 3.08. The van der Waals surface area contributed by atoms with Gasteiger partial charge in [-0.1, -0.05) is 49.9 Å². The number of nitrogens with one attached hydrogen (secondary N) is 2. The van der Waals surface area contributed by atoms with Crippen LogP contribution in [0.25, 0.3) is 0 Å². The van der Waals surface area contributed by atoms with Crippen LogP contribution in [-0.4, -0.2) is 21.1 Å². The van der Waals surface area contributed by atoms with Crippen LogP contribution in [0.1, 0.15) is 41.3 Å². The highest BCUT2D eigenvalue weighted by Gasteiger charge is 2.08. The van der Waals surface area contributed by atoms with E-state index in [1.165, 1.54) is 11.9 Å². The molecule has 25 heavy (non-hydrogen) atoms. The largest absolute Gasteiger partial charge is 0.322 e. The maximum atomic E-state index is 12.4. The SMILES string of the molecule is CC(C)c1cccc(NC(=O)c2ccc(CSc3ncn[nH]3)cc2)c1. The molecule has 3 rings (SSSR count). The summed E-state index contributed by atoms with van der Waals surface area (Å²) in [6.07, 6.45) is 1.49. The first kappa shape index (κ1) is 17.2. The Labute approximate surface area is 151 Å². The van der Waals surface area contributed by atoms with Gasteiger partial charge in [0.1, 0.15) is 6.33 Å². The molecule has 0 radical (unpaired) electrons. The number of rotatable bonds is 6. The second-order valence-electron chi connectivity index (χ2n) is 6.01. The Balaban J connectivity index is 1.61. The Morgan fingerprint density at radius 3 is 2.68 bits per heavy atom. The molecule has 0 spiro atoms. The number of thioether (sulfide) groups is 1. The Bertz CT molecular complexity index is 829. The molecule has 128 valence electrons. The van der Waals surface area contributed by atoms with Gasteiger partial charge in [0.05, 0.1) is 0 Å². The highest BCUT2D eigenvalue weighted by Crippen LogP contribution is 2.20. The quantitative estimate of drug-likeness (QED) is 0.642. The summed E-state index contributed by atoms with van der Waals surface area (Å²) in [5.41, 5.74) is 3.79. The van der Waals surface area contributed by atoms with Crippen LogP contribution in [0.15, 0.2) is 60.0 Å². The van der Waals surface area contributed by atoms with Crippen molar-refractivity contribution in [1.29, 1.82) is 0 Å². The average Bonchev–Trinajstić information content (AvgIpc) is 3.14. The standard InChI is InChI=1S/C19H20N4OS/c1-13(2)16-4-3-5-17(10-16)22-18(24)15-8-6-14(7-9-15)11-25-19-20-12-21-23-19/h3-10,12-13H,11H2,1-2H3,(H,22,24)(H,20,21,23). The van der Waals surface area contributed by atoms with Crippen molar-refractivity contribution >= 4 is 23.4 Å². The van der Waals surface area contributed by atoms with Gasteiger partial charge in [-0.2, -0.15) is 5.10 Å². The van der Waals surface area contributed by atoms with Gasteiger partial charge in [-0.3, -0.25) is 9.89 Å². The van der Waals surface area contributed by atoms with E-state index in [1.807, 2.05) is 42.5 Å². The average molecular weight is 352 g/mol. The molecule has 0 bridgehead atoms. The molecule has 0 aliphatic heterocycles. The number of H-pyrrole nitrogens is 1. The molecule has 5 nitrogen and oxygen atoms in total. The van der Waals surface area contributed by atoms with Crippen LogP contribution >= 0.6 is 11.8 Å². The summed E-state index contributed by atoms with van der Waals surface area (Å²) in [4.78, 5) is 16.5. The molecular formula is C19H20N4OS. The van der Waals surface area contributed by atoms with Crippen LogP contribution in [0.4, 0.5) is 5.69 Å². The van der Waals surface area contributed by atoms with Gasteiger partial charge in [0, 0.05) is 17.0 Å². The van der Waals surface area contributed by atoms with E-state index in [-0.39, 0.29) is 5.91 Å². The molecule has 0 aliphatic carbocycles. The van der Waals surface area contributed by atoms with E-state index in [4.69, 9.17) is 0 Å². The molecule has 1 heterocycles. The Morgan fingerprint density at radius 1 is 1.20 bits per heavy atom. The molecule has 0 aliphatic rings. The molecule has 0 saturated carbocycles. The number of anilines is 1. The number of hydrogen-bond donors (Lipinski definition) is 2. The van der Waals surface area contributed by atoms with Gasteiger partial charge in [-0.15, -0.1) is 0 Å². The lowest BCUT2D eigenvalue weighted by Crippen LogP contribution is -2.12. The van der Waals surface area contributed by atoms with Crippen molar-refractivity contribution in [2.24, 2.45) is 0 Å². The van der Waals surface area contributed by atoms with Crippen LogP contribution in [0, 0.1) is 0 Å². The van der Waals surface area contributed by atoms with Crippen LogP contribution < -0.4 is 5.32 Å². The van der Waals surface area contributed by atoms with Crippen molar-refractivity contribution in [3.05, 3.63) is 71.5 Å². The van der Waals surface area contributed by atoms with Crippen molar-refractivity contribution in [3.63, 3.8) is 0 Å². The van der Waals surface area contributed by atoms with Gasteiger partial charge in [0.25, 0.3) is 5.91 Å². The number of carbonyl (C=O) groups is 1. The van der Waals surface area contributed by atoms with E-state index >= 15 is 0 Å². The number of hydrogen-bond acceptors (Lipinski definition) is 4. The normalized spacial score (nSPS) is 10.8. The van der Waals surface area contributed by atoms with Crippen LogP contribution in [0.2, 0.25) is 0 Å². The summed E-state index contributed by atoms with van der Waals surface area (Å²) in [6, 6.07) is 15.6. The molecule has 1 amide bonds. The van der Waals surface area contributed by atoms with E-state index in [1.54, 1.807) is 11.8 Å². The van der Waals surface area contributed by atoms with E-state index in [0.29, 0.717) is 11.5 Å². The highest BCUT2D eigenvalue weighted by atomic mass is 32.2. The summed E-state index contributed by atoms with van der Waals surface area (Å²) in [5, 5.41) is 10.4. The zero-order valence-electron chi connectivity index (χ0n) is 14.2. The number of aromatic amines is 1. The predicted octanol–water partition coefficient (Wildman–Crippen LogP) is 4.47. The molecule has 0 atom stereocenters. The van der Waals surface area contributed by atoms with E-state index in [0.717, 1.165) is 22.2 Å². The molecule has 6 heteroatoms. The Kier molecular flexibility index (Phi) is 5.50. The maximum Gasteiger partial charge on any atom is 0.255 e. The van der Waals surface area contributed by atoms with Crippen LogP contribution in [0.3, 0.4) is 0 Å². The van der Waals surface area contributed by atoms with Crippen molar-refractivity contribution in [1.82, 2.24) is 15.2 Å². The fourth-order valence-electron chi connectivity index (χ4n) is 2.35. The third-order valence-electron chi connectivity index (χ3n) is 3.80. The molecular weight excluding hydrogens is 332 g/mol. The Hall–Kier alpha value is -2.60. The summed E-state index contributed by atoms with van der Waals surface area (Å²) >= 11 is 1.57. The van der Waals surface area contributed by atoms with Crippen molar-refractivity contribution in [3.8, 4) is 0 Å². The minimum Gasteiger partial charge on any atom is -0.322 e. The van der Waals surface area contributed by atoms with Crippen LogP contribution in [-0.2, 0) is 5.75 Å². The second-order valence-corrected chi connectivity index (χ2v) is 6.97. The van der Waals surface area contributed by atoms with Gasteiger partial charge in [-0.25, -0.2) is 4.98 Å². The maximum absolute atomic E-state index is 12.4. The van der Waals surface area contributed by atoms with E-state index < -0.39 is 0 Å². The summed E-state index contributed by atoms with van der Waals surface area (Å²) in [7, 11) is 0. The smallest absolute Gasteiger partial charge is 0.255 e. The monoisotopic (exact) mass is 352 g/mol. The summed E-state index contributed by atoms with van der Waals surface area (Å²) in [5.74, 6) is 1.10. The fraction of sp³-hybridized carbons (Fsp3) is 0.211. The second kappa shape index (κ2) is 7.98. The molecule has 3 aromatic rings. The van der Waals surface area contributed by atoms with E-state index in [2.05, 4.69) is 40.4 Å². The van der Waals surface area contributed by atoms with E-state index in [9.17, 15) is 4.79 Å². The summed E-state index contributed by atoms with van der Waals surface area (Å²) < 4.78 is 0. The van der Waals surface area contributed by atoms with Crippen molar-refractivity contribution < 1.29 is 4.79 Å². The molecule has 0 saturated heterocycles. The predicted molar refractivity (Wildman–Crippen MR) is 101 cm³/mol. The number of aromatic nitrogens is 3. The summed E-state index contributed by atoms with van der Waals surface area (Å²) in [6.45, 7) is 4.27. The van der Waals surface area contributed by atoms with Gasteiger partial charge >= 0.3 is 0 Å². The zero-order valence-corrected chi connectivity index (χ0v) is 15.0. The third-order valence-corrected chi connectivity index (χ3v) is 4.74. The first-order chi connectivity index (χ1) is 12.1. The first-order valence-electron chi connectivity index (χ1n) is 8.10. The molecule has 0 unspecified atom stereocenters. The minimum atomic E-state index is -0.102. The number of amides is 1. The topological polar surface area (TPSA) is 70.7 Å². The lowest BCUT2D eigenvalue weighted by Gasteiger charge is -2.10. The number of nitrogens with zero attached hydrogens (tertiary/aromatic N) is 2. The third kappa shape index (κ3) is 4.70. The molecule has 0 fully saturated rings. The first-order valence-corrected chi connectivity index (χ1v) is 9.09. The van der Waals surface area contributed by atoms with Gasteiger partial charge < -0.3 is 5.32 Å². The van der Waals surface area contributed by atoms with Crippen molar-refractivity contribution in [2.75, 3.05) is 5.32 Å².